The highest BCUT2D eigenvalue weighted by Crippen LogP contribution is 2.37. The third-order valence-electron chi connectivity index (χ3n) is 4.01. The lowest BCUT2D eigenvalue weighted by Gasteiger charge is -2.35. The topological polar surface area (TPSA) is 21.3 Å². The van der Waals surface area contributed by atoms with E-state index in [9.17, 15) is 4.39 Å². The van der Waals surface area contributed by atoms with Crippen LogP contribution in [0.5, 0.6) is 5.75 Å². The second-order valence-electron chi connectivity index (χ2n) is 5.47. The maximum atomic E-state index is 13.4. The van der Waals surface area contributed by atoms with Crippen LogP contribution >= 0.6 is 0 Å². The van der Waals surface area contributed by atoms with Crippen LogP contribution in [0.3, 0.4) is 0 Å². The van der Waals surface area contributed by atoms with Crippen molar-refractivity contribution in [3.05, 3.63) is 29.6 Å². The minimum atomic E-state index is -0.187. The highest BCUT2D eigenvalue weighted by Gasteiger charge is 2.30. The van der Waals surface area contributed by atoms with E-state index >= 15 is 0 Å². The van der Waals surface area contributed by atoms with Gasteiger partial charge in [0, 0.05) is 18.0 Å². The lowest BCUT2D eigenvalue weighted by molar-refractivity contribution is 0.0977. The van der Waals surface area contributed by atoms with Crippen molar-refractivity contribution in [2.75, 3.05) is 6.54 Å². The molecule has 0 bridgehead atoms. The molecule has 3 heteroatoms. The monoisotopic (exact) mass is 265 g/mol. The number of ether oxygens (including phenoxy) is 1. The third kappa shape index (κ3) is 3.27. The summed E-state index contributed by atoms with van der Waals surface area (Å²) in [4.78, 5) is 0. The molecular formula is C16H24FNO. The van der Waals surface area contributed by atoms with Crippen LogP contribution < -0.4 is 10.1 Å². The first kappa shape index (κ1) is 14.3. The molecule has 1 aromatic carbocycles. The molecule has 1 aliphatic heterocycles. The zero-order chi connectivity index (χ0) is 13.8. The number of fused-ring (bicyclic) bond motifs is 1. The van der Waals surface area contributed by atoms with Crippen molar-refractivity contribution >= 4 is 0 Å². The van der Waals surface area contributed by atoms with E-state index in [1.165, 1.54) is 6.07 Å². The highest BCUT2D eigenvalue weighted by atomic mass is 19.1. The van der Waals surface area contributed by atoms with Gasteiger partial charge in [-0.2, -0.15) is 0 Å². The Morgan fingerprint density at radius 1 is 1.42 bits per heavy atom. The standard InChI is InChI=1S/C16H24FNO/c1-4-8-18-14-10-16(11(3)5-2)19-15-7-6-12(17)9-13(14)15/h6-7,9,11,14,16,18H,4-5,8,10H2,1-3H3. The smallest absolute Gasteiger partial charge is 0.124 e. The summed E-state index contributed by atoms with van der Waals surface area (Å²) < 4.78 is 19.5. The average molecular weight is 265 g/mol. The van der Waals surface area contributed by atoms with Gasteiger partial charge in [-0.25, -0.2) is 4.39 Å². The van der Waals surface area contributed by atoms with Crippen LogP contribution in [0.1, 0.15) is 51.6 Å². The Kier molecular flexibility index (Phi) is 4.81. The molecule has 0 saturated carbocycles. The molecule has 0 spiro atoms. The van der Waals surface area contributed by atoms with Gasteiger partial charge in [0.05, 0.1) is 0 Å². The van der Waals surface area contributed by atoms with Crippen LogP contribution in [0.15, 0.2) is 18.2 Å². The Labute approximate surface area is 115 Å². The van der Waals surface area contributed by atoms with Gasteiger partial charge in [-0.1, -0.05) is 27.2 Å². The Morgan fingerprint density at radius 3 is 2.89 bits per heavy atom. The van der Waals surface area contributed by atoms with Gasteiger partial charge in [-0.15, -0.1) is 0 Å². The summed E-state index contributed by atoms with van der Waals surface area (Å²) in [6.07, 6.45) is 3.32. The Hall–Kier alpha value is -1.09. The molecule has 1 N–H and O–H groups in total. The average Bonchev–Trinajstić information content (AvgIpc) is 2.43. The van der Waals surface area contributed by atoms with E-state index in [0.717, 1.165) is 37.1 Å². The molecule has 0 radical (unpaired) electrons. The van der Waals surface area contributed by atoms with Crippen molar-refractivity contribution in [3.8, 4) is 5.75 Å². The molecule has 3 unspecified atom stereocenters. The summed E-state index contributed by atoms with van der Waals surface area (Å²) in [7, 11) is 0. The second kappa shape index (κ2) is 6.38. The van der Waals surface area contributed by atoms with E-state index in [2.05, 4.69) is 26.1 Å². The molecule has 19 heavy (non-hydrogen) atoms. The van der Waals surface area contributed by atoms with Gasteiger partial charge in [0.2, 0.25) is 0 Å². The summed E-state index contributed by atoms with van der Waals surface area (Å²) in [6, 6.07) is 5.06. The van der Waals surface area contributed by atoms with Gasteiger partial charge in [-0.05, 0) is 37.1 Å². The Bertz CT molecular complexity index is 421. The zero-order valence-electron chi connectivity index (χ0n) is 12.1. The molecule has 0 aromatic heterocycles. The largest absolute Gasteiger partial charge is 0.490 e. The fourth-order valence-electron chi connectivity index (χ4n) is 2.59. The lowest BCUT2D eigenvalue weighted by Crippen LogP contribution is -2.36. The fraction of sp³-hybridized carbons (Fsp3) is 0.625. The molecule has 2 nitrogen and oxygen atoms in total. The number of hydrogen-bond acceptors (Lipinski definition) is 2. The van der Waals surface area contributed by atoms with Gasteiger partial charge in [0.25, 0.3) is 0 Å². The van der Waals surface area contributed by atoms with Crippen molar-refractivity contribution in [3.63, 3.8) is 0 Å². The predicted molar refractivity (Wildman–Crippen MR) is 75.9 cm³/mol. The van der Waals surface area contributed by atoms with Gasteiger partial charge in [-0.3, -0.25) is 0 Å². The van der Waals surface area contributed by atoms with Crippen molar-refractivity contribution < 1.29 is 9.13 Å². The fourth-order valence-corrected chi connectivity index (χ4v) is 2.59. The van der Waals surface area contributed by atoms with E-state index in [1.807, 2.05) is 0 Å². The van der Waals surface area contributed by atoms with Crippen LogP contribution in [-0.4, -0.2) is 12.6 Å². The van der Waals surface area contributed by atoms with Crippen molar-refractivity contribution in [2.45, 2.75) is 52.2 Å². The van der Waals surface area contributed by atoms with Crippen LogP contribution in [0, 0.1) is 11.7 Å². The van der Waals surface area contributed by atoms with Crippen LogP contribution in [0.4, 0.5) is 4.39 Å². The molecule has 1 heterocycles. The molecule has 2 rings (SSSR count). The van der Waals surface area contributed by atoms with Gasteiger partial charge in [0.15, 0.2) is 0 Å². The first-order valence-electron chi connectivity index (χ1n) is 7.35. The summed E-state index contributed by atoms with van der Waals surface area (Å²) >= 11 is 0. The number of benzene rings is 1. The molecule has 1 aromatic rings. The van der Waals surface area contributed by atoms with E-state index in [4.69, 9.17) is 4.74 Å². The molecular weight excluding hydrogens is 241 g/mol. The summed E-state index contributed by atoms with van der Waals surface area (Å²) in [5.41, 5.74) is 0.966. The maximum absolute atomic E-state index is 13.4. The SMILES string of the molecule is CCCNC1CC(C(C)CC)Oc2ccc(F)cc21. The first-order chi connectivity index (χ1) is 9.15. The van der Waals surface area contributed by atoms with Gasteiger partial charge < -0.3 is 10.1 Å². The van der Waals surface area contributed by atoms with E-state index < -0.39 is 0 Å². The van der Waals surface area contributed by atoms with Crippen molar-refractivity contribution in [1.29, 1.82) is 0 Å². The molecule has 0 fully saturated rings. The molecule has 106 valence electrons. The molecule has 0 amide bonds. The number of rotatable bonds is 5. The molecule has 0 saturated heterocycles. The quantitative estimate of drug-likeness (QED) is 0.866. The molecule has 3 atom stereocenters. The summed E-state index contributed by atoms with van der Waals surface area (Å²) in [5, 5.41) is 3.52. The highest BCUT2D eigenvalue weighted by molar-refractivity contribution is 5.38. The number of nitrogens with one attached hydrogen (secondary N) is 1. The predicted octanol–water partition coefficient (Wildman–Crippen LogP) is 4.06. The molecule has 1 aliphatic rings. The summed E-state index contributed by atoms with van der Waals surface area (Å²) in [5.74, 6) is 1.17. The third-order valence-corrected chi connectivity index (χ3v) is 4.01. The van der Waals surface area contributed by atoms with Crippen molar-refractivity contribution in [2.24, 2.45) is 5.92 Å². The number of halogens is 1. The van der Waals surface area contributed by atoms with Crippen LogP contribution in [0.2, 0.25) is 0 Å². The van der Waals surface area contributed by atoms with E-state index in [0.29, 0.717) is 5.92 Å². The Morgan fingerprint density at radius 2 is 2.21 bits per heavy atom. The van der Waals surface area contributed by atoms with E-state index in [-0.39, 0.29) is 18.0 Å². The van der Waals surface area contributed by atoms with Crippen LogP contribution in [0.25, 0.3) is 0 Å². The van der Waals surface area contributed by atoms with Crippen LogP contribution in [-0.2, 0) is 0 Å². The molecule has 0 aliphatic carbocycles. The first-order valence-corrected chi connectivity index (χ1v) is 7.35. The van der Waals surface area contributed by atoms with Gasteiger partial charge in [0.1, 0.15) is 17.7 Å². The summed E-state index contributed by atoms with van der Waals surface area (Å²) in [6.45, 7) is 7.50. The second-order valence-corrected chi connectivity index (χ2v) is 5.47. The Balaban J connectivity index is 2.23. The minimum absolute atomic E-state index is 0.187. The lowest BCUT2D eigenvalue weighted by atomic mass is 9.89. The van der Waals surface area contributed by atoms with E-state index in [1.54, 1.807) is 12.1 Å². The zero-order valence-corrected chi connectivity index (χ0v) is 12.1. The van der Waals surface area contributed by atoms with Crippen molar-refractivity contribution in [1.82, 2.24) is 5.32 Å². The normalized spacial score (nSPS) is 23.6. The maximum Gasteiger partial charge on any atom is 0.124 e. The minimum Gasteiger partial charge on any atom is -0.490 e. The van der Waals surface area contributed by atoms with Gasteiger partial charge >= 0.3 is 0 Å². The number of hydrogen-bond donors (Lipinski definition) is 1.